The van der Waals surface area contributed by atoms with Gasteiger partial charge < -0.3 is 20.4 Å². The highest BCUT2D eigenvalue weighted by Gasteiger charge is 2.14. The van der Waals surface area contributed by atoms with E-state index >= 15 is 0 Å². The van der Waals surface area contributed by atoms with Gasteiger partial charge in [-0.2, -0.15) is 0 Å². The summed E-state index contributed by atoms with van der Waals surface area (Å²) in [6.45, 7) is -1.50. The van der Waals surface area contributed by atoms with Crippen LogP contribution in [-0.2, 0) is 0 Å². The molecule has 0 aliphatic carbocycles. The number of hydrogen-bond acceptors (Lipinski definition) is 4. The van der Waals surface area contributed by atoms with Crippen LogP contribution in [0.15, 0.2) is 0 Å². The number of carbonyl (C=O) groups is 1. The molecule has 1 unspecified atom stereocenters. The maximum atomic E-state index is 10.2. The molecule has 0 aromatic carbocycles. The molecule has 0 saturated heterocycles. The van der Waals surface area contributed by atoms with Gasteiger partial charge in [0.2, 0.25) is 0 Å². The van der Waals surface area contributed by atoms with Crippen molar-refractivity contribution in [3.63, 3.8) is 0 Å². The Morgan fingerprint density at radius 1 is 1.45 bits per heavy atom. The highest BCUT2D eigenvalue weighted by atomic mass is 16.4. The number of aliphatic hydroxyl groups is 3. The first kappa shape index (κ1) is 10.2. The lowest BCUT2D eigenvalue weighted by atomic mass is 10.3. The molecule has 0 saturated carbocycles. The number of amides is 1. The summed E-state index contributed by atoms with van der Waals surface area (Å²) in [5.74, 6) is 0. The highest BCUT2D eigenvalue weighted by Crippen LogP contribution is 1.90. The summed E-state index contributed by atoms with van der Waals surface area (Å²) in [6.07, 6.45) is -2.47. The van der Waals surface area contributed by atoms with Crippen molar-refractivity contribution in [2.24, 2.45) is 0 Å². The largest absolute Gasteiger partial charge is 0.465 e. The molecule has 66 valence electrons. The lowest BCUT2D eigenvalue weighted by Gasteiger charge is -2.18. The molecule has 6 nitrogen and oxygen atoms in total. The summed E-state index contributed by atoms with van der Waals surface area (Å²) in [5, 5.41) is 33.7. The molecule has 0 rings (SSSR count). The van der Waals surface area contributed by atoms with Crippen molar-refractivity contribution in [2.45, 2.75) is 6.10 Å². The molecule has 6 heteroatoms. The van der Waals surface area contributed by atoms with Gasteiger partial charge in [0, 0.05) is 0 Å². The number of hydrogen-bond donors (Lipinski definition) is 4. The second-order valence-electron chi connectivity index (χ2n) is 1.98. The molecule has 0 aliphatic heterocycles. The Hall–Kier alpha value is -0.850. The van der Waals surface area contributed by atoms with Crippen molar-refractivity contribution < 1.29 is 25.2 Å². The normalized spacial score (nSPS) is 12.6. The van der Waals surface area contributed by atoms with Crippen LogP contribution in [0, 0.1) is 0 Å². The van der Waals surface area contributed by atoms with Gasteiger partial charge in [-0.05, 0) is 0 Å². The van der Waals surface area contributed by atoms with Crippen LogP contribution in [0.25, 0.3) is 0 Å². The lowest BCUT2D eigenvalue weighted by molar-refractivity contribution is 0.0285. The Kier molecular flexibility index (Phi) is 4.51. The number of rotatable bonds is 4. The Bertz CT molecular complexity index is 128. The topological polar surface area (TPSA) is 101 Å². The average Bonchev–Trinajstić information content (AvgIpc) is 1.99. The van der Waals surface area contributed by atoms with Crippen molar-refractivity contribution in [3.8, 4) is 0 Å². The molecular formula is C5H11NO5. The minimum absolute atomic E-state index is 0.289. The van der Waals surface area contributed by atoms with E-state index in [2.05, 4.69) is 0 Å². The van der Waals surface area contributed by atoms with E-state index < -0.39 is 25.5 Å². The second-order valence-corrected chi connectivity index (χ2v) is 1.98. The van der Waals surface area contributed by atoms with Crippen LogP contribution in [0.4, 0.5) is 4.79 Å². The zero-order valence-electron chi connectivity index (χ0n) is 5.84. The molecule has 0 radical (unpaired) electrons. The van der Waals surface area contributed by atoms with E-state index in [9.17, 15) is 4.79 Å². The predicted molar refractivity (Wildman–Crippen MR) is 34.9 cm³/mol. The van der Waals surface area contributed by atoms with Gasteiger partial charge in [0.25, 0.3) is 0 Å². The average molecular weight is 165 g/mol. The maximum Gasteiger partial charge on any atom is 0.409 e. The Morgan fingerprint density at radius 3 is 2.27 bits per heavy atom. The molecule has 0 fully saturated rings. The summed E-state index contributed by atoms with van der Waals surface area (Å²) in [7, 11) is 0. The first-order chi connectivity index (χ1) is 5.11. The minimum atomic E-state index is -1.33. The fourth-order valence-electron chi connectivity index (χ4n) is 0.508. The fourth-order valence-corrected chi connectivity index (χ4v) is 0.508. The van der Waals surface area contributed by atoms with E-state index in [-0.39, 0.29) is 6.54 Å². The summed E-state index contributed by atoms with van der Waals surface area (Å²) < 4.78 is 0. The van der Waals surface area contributed by atoms with Crippen molar-refractivity contribution in [3.05, 3.63) is 0 Å². The minimum Gasteiger partial charge on any atom is -0.465 e. The molecule has 0 bridgehead atoms. The van der Waals surface area contributed by atoms with E-state index in [1.807, 2.05) is 0 Å². The predicted octanol–water partition coefficient (Wildman–Crippen LogP) is -1.73. The van der Waals surface area contributed by atoms with Crippen LogP contribution in [0.2, 0.25) is 0 Å². The Morgan fingerprint density at radius 2 is 2.00 bits per heavy atom. The Balaban J connectivity index is 3.77. The molecule has 1 atom stereocenters. The quantitative estimate of drug-likeness (QED) is 0.371. The van der Waals surface area contributed by atoms with E-state index in [0.717, 1.165) is 0 Å². The van der Waals surface area contributed by atoms with Crippen molar-refractivity contribution >= 4 is 6.09 Å². The van der Waals surface area contributed by atoms with Crippen LogP contribution >= 0.6 is 0 Å². The first-order valence-electron chi connectivity index (χ1n) is 2.99. The third kappa shape index (κ3) is 3.76. The smallest absolute Gasteiger partial charge is 0.409 e. The third-order valence-corrected chi connectivity index (χ3v) is 1.08. The molecular weight excluding hydrogens is 154 g/mol. The van der Waals surface area contributed by atoms with Gasteiger partial charge >= 0.3 is 6.09 Å². The molecule has 0 aromatic rings. The maximum absolute atomic E-state index is 10.2. The van der Waals surface area contributed by atoms with E-state index in [1.54, 1.807) is 0 Å². The van der Waals surface area contributed by atoms with Crippen LogP contribution in [0.3, 0.4) is 0 Å². The SMILES string of the molecule is O=C(O)N(CO)CC(O)CO. The molecule has 0 heterocycles. The van der Waals surface area contributed by atoms with Crippen molar-refractivity contribution in [1.29, 1.82) is 0 Å². The molecule has 11 heavy (non-hydrogen) atoms. The zero-order chi connectivity index (χ0) is 8.85. The number of nitrogens with zero attached hydrogens (tertiary/aromatic N) is 1. The van der Waals surface area contributed by atoms with Crippen LogP contribution in [-0.4, -0.2) is 57.4 Å². The van der Waals surface area contributed by atoms with Crippen LogP contribution in [0.5, 0.6) is 0 Å². The summed E-state index contributed by atoms with van der Waals surface area (Å²) in [5.41, 5.74) is 0. The van der Waals surface area contributed by atoms with Gasteiger partial charge in [0.1, 0.15) is 6.73 Å². The van der Waals surface area contributed by atoms with Gasteiger partial charge in [0.05, 0.1) is 19.3 Å². The van der Waals surface area contributed by atoms with E-state index in [4.69, 9.17) is 20.4 Å². The molecule has 0 aromatic heterocycles. The molecule has 0 spiro atoms. The monoisotopic (exact) mass is 165 g/mol. The van der Waals surface area contributed by atoms with Crippen molar-refractivity contribution in [1.82, 2.24) is 4.90 Å². The van der Waals surface area contributed by atoms with E-state index in [0.29, 0.717) is 4.90 Å². The van der Waals surface area contributed by atoms with Gasteiger partial charge in [-0.15, -0.1) is 0 Å². The standard InChI is InChI=1S/C5H11NO5/c7-2-4(9)1-6(3-8)5(10)11/h4,7-9H,1-3H2,(H,10,11). The number of carboxylic acid groups (broad SMARTS) is 1. The fraction of sp³-hybridized carbons (Fsp3) is 0.800. The van der Waals surface area contributed by atoms with Gasteiger partial charge in [-0.3, -0.25) is 4.90 Å². The molecule has 0 aliphatic rings. The summed E-state index contributed by atoms with van der Waals surface area (Å²) in [4.78, 5) is 10.7. The number of aliphatic hydroxyl groups excluding tert-OH is 3. The second kappa shape index (κ2) is 4.89. The lowest BCUT2D eigenvalue weighted by Crippen LogP contribution is -2.38. The molecule has 1 amide bonds. The van der Waals surface area contributed by atoms with Gasteiger partial charge in [-0.25, -0.2) is 4.79 Å². The van der Waals surface area contributed by atoms with Crippen LogP contribution in [0.1, 0.15) is 0 Å². The molecule has 4 N–H and O–H groups in total. The summed E-state index contributed by atoms with van der Waals surface area (Å²) in [6, 6.07) is 0. The zero-order valence-corrected chi connectivity index (χ0v) is 5.84. The van der Waals surface area contributed by atoms with E-state index in [1.165, 1.54) is 0 Å². The van der Waals surface area contributed by atoms with Gasteiger partial charge in [0.15, 0.2) is 0 Å². The van der Waals surface area contributed by atoms with Crippen molar-refractivity contribution in [2.75, 3.05) is 19.9 Å². The third-order valence-electron chi connectivity index (χ3n) is 1.08. The first-order valence-corrected chi connectivity index (χ1v) is 2.99. The Labute approximate surface area is 63.3 Å². The van der Waals surface area contributed by atoms with Gasteiger partial charge in [-0.1, -0.05) is 0 Å². The summed E-state index contributed by atoms with van der Waals surface area (Å²) >= 11 is 0. The van der Waals surface area contributed by atoms with Crippen LogP contribution < -0.4 is 0 Å². The highest BCUT2D eigenvalue weighted by molar-refractivity contribution is 5.64.